The number of nitrogens with zero attached hydrogens (tertiary/aromatic N) is 5. The summed E-state index contributed by atoms with van der Waals surface area (Å²) >= 11 is 0. The molecule has 0 spiro atoms. The normalized spacial score (nSPS) is 21.1. The zero-order valence-corrected chi connectivity index (χ0v) is 17.9. The predicted octanol–water partition coefficient (Wildman–Crippen LogP) is 4.86. The molecule has 0 N–H and O–H groups in total. The van der Waals surface area contributed by atoms with Crippen LogP contribution in [-0.2, 0) is 0 Å². The van der Waals surface area contributed by atoms with Crippen LogP contribution in [-0.4, -0.2) is 45.9 Å². The second-order valence-corrected chi connectivity index (χ2v) is 8.32. The number of hydrogen-bond acceptors (Lipinski definition) is 5. The van der Waals surface area contributed by atoms with E-state index in [0.29, 0.717) is 5.92 Å². The Morgan fingerprint density at radius 1 is 1.19 bits per heavy atom. The van der Waals surface area contributed by atoms with Gasteiger partial charge in [0.15, 0.2) is 0 Å². The molecule has 1 fully saturated rings. The van der Waals surface area contributed by atoms with Gasteiger partial charge in [-0.1, -0.05) is 49.1 Å². The van der Waals surface area contributed by atoms with E-state index in [0.717, 1.165) is 49.0 Å². The Labute approximate surface area is 183 Å². The van der Waals surface area contributed by atoms with Gasteiger partial charge in [-0.05, 0) is 48.1 Å². The van der Waals surface area contributed by atoms with Crippen LogP contribution in [0.1, 0.15) is 42.0 Å². The molecule has 0 saturated carbocycles. The molecule has 0 bridgehead atoms. The number of rotatable bonds is 3. The highest BCUT2D eigenvalue weighted by Gasteiger charge is 2.28. The smallest absolute Gasteiger partial charge is 0.206 e. The van der Waals surface area contributed by atoms with Crippen LogP contribution in [0.5, 0.6) is 0 Å². The Balaban J connectivity index is 1.40. The summed E-state index contributed by atoms with van der Waals surface area (Å²) < 4.78 is 0. The van der Waals surface area contributed by atoms with Crippen LogP contribution in [0, 0.1) is 0 Å². The average molecular weight is 410 g/mol. The summed E-state index contributed by atoms with van der Waals surface area (Å²) in [5.74, 6) is 1.44. The van der Waals surface area contributed by atoms with E-state index in [1.165, 1.54) is 23.1 Å². The summed E-state index contributed by atoms with van der Waals surface area (Å²) in [6.07, 6.45) is 15.3. The molecule has 5 nitrogen and oxygen atoms in total. The van der Waals surface area contributed by atoms with Crippen LogP contribution < -0.4 is 0 Å². The molecule has 1 saturated heterocycles. The maximum Gasteiger partial charge on any atom is 0.206 e. The third-order valence-electron chi connectivity index (χ3n) is 6.30. The minimum absolute atomic E-state index is 0.487. The fourth-order valence-corrected chi connectivity index (χ4v) is 4.54. The molecule has 1 aromatic heterocycles. The van der Waals surface area contributed by atoms with Crippen LogP contribution in [0.2, 0.25) is 0 Å². The first kappa shape index (κ1) is 19.5. The predicted molar refractivity (Wildman–Crippen MR) is 126 cm³/mol. The number of likely N-dealkylation sites (tertiary alicyclic amines) is 1. The van der Waals surface area contributed by atoms with Crippen molar-refractivity contribution in [2.24, 2.45) is 4.99 Å². The highest BCUT2D eigenvalue weighted by Crippen LogP contribution is 2.32. The van der Waals surface area contributed by atoms with Crippen molar-refractivity contribution >= 4 is 17.2 Å². The highest BCUT2D eigenvalue weighted by atomic mass is 15.4. The van der Waals surface area contributed by atoms with Gasteiger partial charge in [0.05, 0.1) is 11.4 Å². The molecule has 1 unspecified atom stereocenters. The first-order chi connectivity index (χ1) is 15.2. The first-order valence-corrected chi connectivity index (χ1v) is 10.9. The van der Waals surface area contributed by atoms with Gasteiger partial charge in [0.25, 0.3) is 0 Å². The number of allylic oxidation sites excluding steroid dienone is 5. The Kier molecular flexibility index (Phi) is 5.24. The van der Waals surface area contributed by atoms with Gasteiger partial charge in [-0.25, -0.2) is 15.0 Å². The SMILES string of the molecule is C=C1C=C(c2ccncn2)N=C(N2CCCC(c3cccc(C4=CC=CC4)c3)C2)N1C. The van der Waals surface area contributed by atoms with Crippen LogP contribution in [0.3, 0.4) is 0 Å². The molecule has 0 amide bonds. The molecule has 3 aliphatic rings. The van der Waals surface area contributed by atoms with Gasteiger partial charge in [-0.15, -0.1) is 0 Å². The van der Waals surface area contributed by atoms with Crippen molar-refractivity contribution < 1.29 is 0 Å². The minimum Gasteiger partial charge on any atom is -0.342 e. The third-order valence-corrected chi connectivity index (χ3v) is 6.30. The van der Waals surface area contributed by atoms with Crippen LogP contribution in [0.15, 0.2) is 84.4 Å². The summed E-state index contributed by atoms with van der Waals surface area (Å²) in [4.78, 5) is 17.9. The fourth-order valence-electron chi connectivity index (χ4n) is 4.54. The Hall–Kier alpha value is -3.47. The largest absolute Gasteiger partial charge is 0.342 e. The van der Waals surface area contributed by atoms with E-state index in [1.54, 1.807) is 12.5 Å². The van der Waals surface area contributed by atoms with Gasteiger partial charge in [0.1, 0.15) is 6.33 Å². The van der Waals surface area contributed by atoms with Gasteiger partial charge in [0.2, 0.25) is 5.96 Å². The van der Waals surface area contributed by atoms with E-state index in [9.17, 15) is 0 Å². The van der Waals surface area contributed by atoms with Crippen LogP contribution >= 0.6 is 0 Å². The summed E-state index contributed by atoms with van der Waals surface area (Å²) in [6.45, 7) is 6.19. The topological polar surface area (TPSA) is 44.6 Å². The summed E-state index contributed by atoms with van der Waals surface area (Å²) in [7, 11) is 2.04. The lowest BCUT2D eigenvalue weighted by molar-refractivity contribution is 0.284. The molecule has 5 heteroatoms. The molecule has 2 aliphatic heterocycles. The van der Waals surface area contributed by atoms with E-state index in [2.05, 4.69) is 68.8 Å². The molecule has 2 aromatic rings. The number of benzene rings is 1. The van der Waals surface area contributed by atoms with Crippen molar-refractivity contribution in [2.75, 3.05) is 20.1 Å². The van der Waals surface area contributed by atoms with Crippen molar-refractivity contribution in [3.05, 3.63) is 96.3 Å². The summed E-state index contributed by atoms with van der Waals surface area (Å²) in [5, 5.41) is 0. The molecule has 3 heterocycles. The number of piperidine rings is 1. The lowest BCUT2D eigenvalue weighted by atomic mass is 9.88. The first-order valence-electron chi connectivity index (χ1n) is 10.9. The van der Waals surface area contributed by atoms with E-state index in [4.69, 9.17) is 4.99 Å². The number of likely N-dealkylation sites (N-methyl/N-ethyl adjacent to an activating group) is 1. The monoisotopic (exact) mass is 409 g/mol. The molecule has 1 aliphatic carbocycles. The number of aliphatic imine (C=N–C) groups is 1. The molecular weight excluding hydrogens is 382 g/mol. The second-order valence-electron chi connectivity index (χ2n) is 8.32. The molecule has 5 rings (SSSR count). The van der Waals surface area contributed by atoms with E-state index in [1.807, 2.05) is 19.2 Å². The summed E-state index contributed by atoms with van der Waals surface area (Å²) in [5.41, 5.74) is 6.74. The maximum atomic E-state index is 4.98. The van der Waals surface area contributed by atoms with E-state index < -0.39 is 0 Å². The Morgan fingerprint density at radius 2 is 2.13 bits per heavy atom. The molecule has 0 radical (unpaired) electrons. The van der Waals surface area contributed by atoms with Gasteiger partial charge in [0, 0.05) is 37.9 Å². The standard InChI is InChI=1S/C26H27N5/c1-19-15-25(24-12-13-27-18-28-24)29-26(30(19)2)31-14-6-11-23(17-31)22-10-5-9-21(16-22)20-7-3-4-8-20/h3-5,7,9-10,12-13,15-16,18,23H,1,6,8,11,14,17H2,2H3. The van der Waals surface area contributed by atoms with Gasteiger partial charge < -0.3 is 9.80 Å². The molecule has 1 atom stereocenters. The number of aromatic nitrogens is 2. The van der Waals surface area contributed by atoms with Gasteiger partial charge in [-0.2, -0.15) is 0 Å². The van der Waals surface area contributed by atoms with Crippen molar-refractivity contribution in [3.63, 3.8) is 0 Å². The van der Waals surface area contributed by atoms with Crippen LogP contribution in [0.25, 0.3) is 11.3 Å². The van der Waals surface area contributed by atoms with Crippen molar-refractivity contribution in [2.45, 2.75) is 25.2 Å². The van der Waals surface area contributed by atoms with Gasteiger partial charge >= 0.3 is 0 Å². The molecular formula is C26H27N5. The quantitative estimate of drug-likeness (QED) is 0.727. The zero-order valence-electron chi connectivity index (χ0n) is 17.9. The van der Waals surface area contributed by atoms with Crippen molar-refractivity contribution in [1.82, 2.24) is 19.8 Å². The second kappa shape index (κ2) is 8.34. The minimum atomic E-state index is 0.487. The molecule has 156 valence electrons. The van der Waals surface area contributed by atoms with E-state index in [-0.39, 0.29) is 0 Å². The maximum absolute atomic E-state index is 4.98. The highest BCUT2D eigenvalue weighted by molar-refractivity contribution is 5.90. The van der Waals surface area contributed by atoms with Gasteiger partial charge in [-0.3, -0.25) is 0 Å². The van der Waals surface area contributed by atoms with Crippen molar-refractivity contribution in [3.8, 4) is 0 Å². The number of guanidine groups is 1. The Bertz CT molecular complexity index is 1110. The molecule has 31 heavy (non-hydrogen) atoms. The summed E-state index contributed by atoms with van der Waals surface area (Å²) in [6, 6.07) is 11.0. The zero-order chi connectivity index (χ0) is 21.2. The lowest BCUT2D eigenvalue weighted by Crippen LogP contribution is -2.47. The third kappa shape index (κ3) is 3.96. The molecule has 1 aromatic carbocycles. The number of hydrogen-bond donors (Lipinski definition) is 0. The lowest BCUT2D eigenvalue weighted by Gasteiger charge is -2.39. The van der Waals surface area contributed by atoms with E-state index >= 15 is 0 Å². The fraction of sp³-hybridized carbons (Fsp3) is 0.269. The van der Waals surface area contributed by atoms with Crippen LogP contribution in [0.4, 0.5) is 0 Å². The Morgan fingerprint density at radius 3 is 2.94 bits per heavy atom. The van der Waals surface area contributed by atoms with Crippen molar-refractivity contribution in [1.29, 1.82) is 0 Å². The average Bonchev–Trinajstić information content (AvgIpc) is 3.37.